The molecule has 0 aliphatic heterocycles. The van der Waals surface area contributed by atoms with Crippen LogP contribution in [0.3, 0.4) is 0 Å². The van der Waals surface area contributed by atoms with Crippen molar-refractivity contribution in [2.24, 2.45) is 17.8 Å². The van der Waals surface area contributed by atoms with E-state index >= 15 is 0 Å². The van der Waals surface area contributed by atoms with E-state index < -0.39 is 11.7 Å². The van der Waals surface area contributed by atoms with E-state index in [2.05, 4.69) is 25.7 Å². The molecule has 3 atom stereocenters. The first-order valence-corrected chi connectivity index (χ1v) is 9.03. The summed E-state index contributed by atoms with van der Waals surface area (Å²) in [6.07, 6.45) is 4.70. The van der Waals surface area contributed by atoms with E-state index in [0.29, 0.717) is 12.5 Å². The molecule has 1 saturated carbocycles. The lowest BCUT2D eigenvalue weighted by Gasteiger charge is -2.34. The summed E-state index contributed by atoms with van der Waals surface area (Å²) in [5.74, 6) is 0.621. The van der Waals surface area contributed by atoms with Crippen LogP contribution in [0.5, 0.6) is 0 Å². The summed E-state index contributed by atoms with van der Waals surface area (Å²) in [4.78, 5) is 11.2. The van der Waals surface area contributed by atoms with Crippen LogP contribution >= 0.6 is 0 Å². The first-order valence-electron chi connectivity index (χ1n) is 9.03. The van der Waals surface area contributed by atoms with Gasteiger partial charge < -0.3 is 5.32 Å². The Hall–Kier alpha value is -1.72. The summed E-state index contributed by atoms with van der Waals surface area (Å²) in [5, 5.41) is 11.9. The minimum atomic E-state index is -0.838. The fourth-order valence-corrected chi connectivity index (χ4v) is 3.65. The first-order chi connectivity index (χ1) is 11.9. The number of hydroxylamine groups is 1. The highest BCUT2D eigenvalue weighted by Gasteiger charge is 2.26. The van der Waals surface area contributed by atoms with Crippen LogP contribution in [0.25, 0.3) is 0 Å². The molecular weight excluding hydrogens is 319 g/mol. The van der Waals surface area contributed by atoms with Gasteiger partial charge in [-0.1, -0.05) is 32.1 Å². The van der Waals surface area contributed by atoms with Crippen molar-refractivity contribution in [1.29, 1.82) is 0 Å². The molecule has 0 spiro atoms. The number of carbonyl (C=O) groups excluding carboxylic acids is 1. The third-order valence-electron chi connectivity index (χ3n) is 5.43. The quantitative estimate of drug-likeness (QED) is 0.301. The van der Waals surface area contributed by atoms with Gasteiger partial charge in [0.25, 0.3) is 5.91 Å². The number of amides is 1. The van der Waals surface area contributed by atoms with Crippen LogP contribution in [-0.4, -0.2) is 17.7 Å². The van der Waals surface area contributed by atoms with Gasteiger partial charge in [-0.05, 0) is 67.7 Å². The Labute approximate surface area is 149 Å². The maximum absolute atomic E-state index is 13.8. The molecule has 0 radical (unpaired) electrons. The van der Waals surface area contributed by atoms with Crippen LogP contribution in [0.15, 0.2) is 30.4 Å². The van der Waals surface area contributed by atoms with Crippen molar-refractivity contribution in [3.8, 4) is 0 Å². The fourth-order valence-electron chi connectivity index (χ4n) is 3.65. The lowest BCUT2D eigenvalue weighted by molar-refractivity contribution is 0.0702. The van der Waals surface area contributed by atoms with Gasteiger partial charge in [0, 0.05) is 6.54 Å². The lowest BCUT2D eigenvalue weighted by atomic mass is 9.72. The zero-order valence-electron chi connectivity index (χ0n) is 15.1. The predicted octanol–water partition coefficient (Wildman–Crippen LogP) is 4.05. The number of benzene rings is 1. The van der Waals surface area contributed by atoms with E-state index in [1.165, 1.54) is 36.0 Å². The molecule has 1 aromatic rings. The van der Waals surface area contributed by atoms with E-state index in [1.807, 2.05) is 0 Å². The third kappa shape index (κ3) is 5.38. The third-order valence-corrected chi connectivity index (χ3v) is 5.43. The zero-order valence-corrected chi connectivity index (χ0v) is 15.1. The summed E-state index contributed by atoms with van der Waals surface area (Å²) in [6.45, 7) is 10.3. The molecule has 1 amide bonds. The Morgan fingerprint density at radius 1 is 1.40 bits per heavy atom. The molecule has 1 aromatic carbocycles. The van der Waals surface area contributed by atoms with E-state index in [-0.39, 0.29) is 5.56 Å². The van der Waals surface area contributed by atoms with Crippen molar-refractivity contribution in [2.45, 2.75) is 46.1 Å². The minimum Gasteiger partial charge on any atom is -0.313 e. The topological polar surface area (TPSA) is 61.4 Å². The minimum absolute atomic E-state index is 0.160. The number of carbonyl (C=O) groups is 1. The highest BCUT2D eigenvalue weighted by molar-refractivity contribution is 5.93. The number of hydrogen-bond donors (Lipinski definition) is 3. The van der Waals surface area contributed by atoms with Crippen molar-refractivity contribution in [3.63, 3.8) is 0 Å². The van der Waals surface area contributed by atoms with Crippen LogP contribution in [0.4, 0.5) is 4.39 Å². The molecule has 0 aromatic heterocycles. The number of rotatable bonds is 7. The second-order valence-corrected chi connectivity index (χ2v) is 7.30. The zero-order chi connectivity index (χ0) is 18.4. The molecular formula is C20H29FN2O2. The summed E-state index contributed by atoms with van der Waals surface area (Å²) in [6, 6.07) is 4.40. The van der Waals surface area contributed by atoms with Gasteiger partial charge in [0.15, 0.2) is 0 Å². The second-order valence-electron chi connectivity index (χ2n) is 7.30. The first kappa shape index (κ1) is 19.6. The Kier molecular flexibility index (Phi) is 7.14. The molecule has 1 aliphatic carbocycles. The molecule has 1 fully saturated rings. The Bertz CT molecular complexity index is 618. The number of halogens is 1. The van der Waals surface area contributed by atoms with Gasteiger partial charge in [-0.15, -0.1) is 0 Å². The Morgan fingerprint density at radius 3 is 2.80 bits per heavy atom. The van der Waals surface area contributed by atoms with Crippen molar-refractivity contribution in [3.05, 3.63) is 47.3 Å². The van der Waals surface area contributed by atoms with Gasteiger partial charge in [-0.25, -0.2) is 9.87 Å². The fraction of sp³-hybridized carbons (Fsp3) is 0.550. The Morgan fingerprint density at radius 2 is 2.16 bits per heavy atom. The summed E-state index contributed by atoms with van der Waals surface area (Å²) in [5.41, 5.74) is 3.45. The van der Waals surface area contributed by atoms with Crippen LogP contribution in [0, 0.1) is 23.6 Å². The maximum Gasteiger partial charge on any atom is 0.277 e. The highest BCUT2D eigenvalue weighted by atomic mass is 19.1. The van der Waals surface area contributed by atoms with Gasteiger partial charge in [0.05, 0.1) is 5.56 Å². The number of nitrogens with one attached hydrogen (secondary N) is 2. The molecule has 1 aliphatic rings. The monoisotopic (exact) mass is 348 g/mol. The summed E-state index contributed by atoms with van der Waals surface area (Å²) >= 11 is 0. The van der Waals surface area contributed by atoms with Crippen LogP contribution < -0.4 is 10.8 Å². The lowest BCUT2D eigenvalue weighted by Crippen LogP contribution is -2.24. The van der Waals surface area contributed by atoms with Gasteiger partial charge >= 0.3 is 0 Å². The number of hydrogen-bond acceptors (Lipinski definition) is 3. The predicted molar refractivity (Wildman–Crippen MR) is 96.8 cm³/mol. The average Bonchev–Trinajstić information content (AvgIpc) is 2.58. The molecule has 3 N–H and O–H groups in total. The SMILES string of the molecule is C=C1CC(CCCNCc2ccc(C(=O)NO)c(F)c2)CC(C)C1C. The Balaban J connectivity index is 1.70. The van der Waals surface area contributed by atoms with Crippen LogP contribution in [0.2, 0.25) is 0 Å². The van der Waals surface area contributed by atoms with E-state index in [4.69, 9.17) is 5.21 Å². The maximum atomic E-state index is 13.8. The molecule has 5 heteroatoms. The van der Waals surface area contributed by atoms with Crippen molar-refractivity contribution >= 4 is 5.91 Å². The van der Waals surface area contributed by atoms with E-state index in [9.17, 15) is 9.18 Å². The van der Waals surface area contributed by atoms with Crippen molar-refractivity contribution in [2.75, 3.05) is 6.54 Å². The standard InChI is InChI=1S/C20H29FN2O2/c1-13-9-16(10-14(2)15(13)3)5-4-8-22-12-17-6-7-18(19(21)11-17)20(24)23-25/h6-7,11,14-16,22,25H,1,4-5,8-10,12H2,2-3H3,(H,23,24). The van der Waals surface area contributed by atoms with Gasteiger partial charge in [0.1, 0.15) is 5.82 Å². The van der Waals surface area contributed by atoms with Gasteiger partial charge in [-0.2, -0.15) is 0 Å². The molecule has 3 unspecified atom stereocenters. The van der Waals surface area contributed by atoms with E-state index in [0.717, 1.165) is 36.8 Å². The molecule has 25 heavy (non-hydrogen) atoms. The molecule has 0 bridgehead atoms. The molecule has 0 heterocycles. The molecule has 138 valence electrons. The second kappa shape index (κ2) is 9.11. The number of allylic oxidation sites excluding steroid dienone is 1. The normalized spacial score (nSPS) is 23.5. The summed E-state index contributed by atoms with van der Waals surface area (Å²) < 4.78 is 13.8. The van der Waals surface area contributed by atoms with E-state index in [1.54, 1.807) is 6.07 Å². The van der Waals surface area contributed by atoms with Crippen LogP contribution in [0.1, 0.15) is 55.5 Å². The molecule has 4 nitrogen and oxygen atoms in total. The highest BCUT2D eigenvalue weighted by Crippen LogP contribution is 2.38. The smallest absolute Gasteiger partial charge is 0.277 e. The van der Waals surface area contributed by atoms with Crippen molar-refractivity contribution in [1.82, 2.24) is 10.8 Å². The molecule has 2 rings (SSSR count). The van der Waals surface area contributed by atoms with Crippen molar-refractivity contribution < 1.29 is 14.4 Å². The van der Waals surface area contributed by atoms with Gasteiger partial charge in [0.2, 0.25) is 0 Å². The van der Waals surface area contributed by atoms with Crippen LogP contribution in [-0.2, 0) is 6.54 Å². The largest absolute Gasteiger partial charge is 0.313 e. The molecule has 0 saturated heterocycles. The summed E-state index contributed by atoms with van der Waals surface area (Å²) in [7, 11) is 0. The van der Waals surface area contributed by atoms with Gasteiger partial charge in [-0.3, -0.25) is 10.0 Å². The average molecular weight is 348 g/mol.